The predicted molar refractivity (Wildman–Crippen MR) is 68.5 cm³/mol. The molecular formula is C14H15NO3. The molecule has 2 rings (SSSR count). The molecule has 0 fully saturated rings. The highest BCUT2D eigenvalue weighted by atomic mass is 16.5. The van der Waals surface area contributed by atoms with Gasteiger partial charge in [-0.15, -0.1) is 0 Å². The standard InChI is InChI=1S/C14H15NO3/c1-9(17-2)10-4-5-11-12(14(16)18-3)6-7-15-13(11)8-10/h4-9H,1-3H3. The van der Waals surface area contributed by atoms with E-state index in [1.165, 1.54) is 7.11 Å². The Bertz CT molecular complexity index is 580. The Morgan fingerprint density at radius 2 is 2.06 bits per heavy atom. The monoisotopic (exact) mass is 245 g/mol. The Labute approximate surface area is 106 Å². The van der Waals surface area contributed by atoms with Crippen molar-refractivity contribution in [3.8, 4) is 0 Å². The molecule has 18 heavy (non-hydrogen) atoms. The predicted octanol–water partition coefficient (Wildman–Crippen LogP) is 2.73. The van der Waals surface area contributed by atoms with Gasteiger partial charge in [0.2, 0.25) is 0 Å². The fraction of sp³-hybridized carbons (Fsp3) is 0.286. The van der Waals surface area contributed by atoms with Crippen molar-refractivity contribution in [1.29, 1.82) is 0 Å². The molecule has 0 amide bonds. The quantitative estimate of drug-likeness (QED) is 0.780. The third-order valence-electron chi connectivity index (χ3n) is 3.00. The summed E-state index contributed by atoms with van der Waals surface area (Å²) in [6.07, 6.45) is 1.61. The molecule has 1 unspecified atom stereocenters. The van der Waals surface area contributed by atoms with Gasteiger partial charge in [-0.1, -0.05) is 12.1 Å². The van der Waals surface area contributed by atoms with Crippen LogP contribution in [-0.2, 0) is 9.47 Å². The molecule has 0 aliphatic heterocycles. The van der Waals surface area contributed by atoms with E-state index in [0.29, 0.717) is 5.56 Å². The van der Waals surface area contributed by atoms with Gasteiger partial charge in [-0.25, -0.2) is 4.79 Å². The Kier molecular flexibility index (Phi) is 3.58. The molecule has 94 valence electrons. The summed E-state index contributed by atoms with van der Waals surface area (Å²) in [6, 6.07) is 7.40. The van der Waals surface area contributed by atoms with Crippen molar-refractivity contribution in [2.75, 3.05) is 14.2 Å². The maximum Gasteiger partial charge on any atom is 0.338 e. The molecule has 1 aromatic heterocycles. The van der Waals surface area contributed by atoms with Gasteiger partial charge in [-0.05, 0) is 24.6 Å². The minimum atomic E-state index is -0.352. The zero-order chi connectivity index (χ0) is 13.1. The summed E-state index contributed by atoms with van der Waals surface area (Å²) in [7, 11) is 3.03. The second kappa shape index (κ2) is 5.14. The summed E-state index contributed by atoms with van der Waals surface area (Å²) < 4.78 is 10.0. The average Bonchev–Trinajstić information content (AvgIpc) is 2.44. The minimum Gasteiger partial charge on any atom is -0.465 e. The number of methoxy groups -OCH3 is 2. The number of nitrogens with zero attached hydrogens (tertiary/aromatic N) is 1. The zero-order valence-electron chi connectivity index (χ0n) is 10.6. The van der Waals surface area contributed by atoms with E-state index in [0.717, 1.165) is 16.5 Å². The van der Waals surface area contributed by atoms with E-state index in [2.05, 4.69) is 4.98 Å². The molecule has 4 heteroatoms. The van der Waals surface area contributed by atoms with Crippen LogP contribution in [0.4, 0.5) is 0 Å². The maximum atomic E-state index is 11.6. The van der Waals surface area contributed by atoms with Crippen LogP contribution in [0, 0.1) is 0 Å². The first kappa shape index (κ1) is 12.5. The molecule has 2 aromatic rings. The van der Waals surface area contributed by atoms with E-state index < -0.39 is 0 Å². The van der Waals surface area contributed by atoms with Crippen LogP contribution in [0.25, 0.3) is 10.9 Å². The highest BCUT2D eigenvalue weighted by molar-refractivity contribution is 6.03. The van der Waals surface area contributed by atoms with E-state index in [9.17, 15) is 4.79 Å². The van der Waals surface area contributed by atoms with E-state index >= 15 is 0 Å². The van der Waals surface area contributed by atoms with Gasteiger partial charge in [0.15, 0.2) is 0 Å². The van der Waals surface area contributed by atoms with E-state index in [1.807, 2.05) is 25.1 Å². The smallest absolute Gasteiger partial charge is 0.338 e. The van der Waals surface area contributed by atoms with Gasteiger partial charge in [0.25, 0.3) is 0 Å². The first-order chi connectivity index (χ1) is 8.67. The van der Waals surface area contributed by atoms with E-state index in [1.54, 1.807) is 19.4 Å². The van der Waals surface area contributed by atoms with E-state index in [4.69, 9.17) is 9.47 Å². The molecule has 4 nitrogen and oxygen atoms in total. The molecule has 0 radical (unpaired) electrons. The van der Waals surface area contributed by atoms with Gasteiger partial charge in [0.05, 0.1) is 24.3 Å². The SMILES string of the molecule is COC(=O)c1ccnc2cc(C(C)OC)ccc12. The molecule has 0 N–H and O–H groups in total. The largest absolute Gasteiger partial charge is 0.465 e. The van der Waals surface area contributed by atoms with Crippen molar-refractivity contribution < 1.29 is 14.3 Å². The maximum absolute atomic E-state index is 11.6. The number of carbonyl (C=O) groups excluding carboxylic acids is 1. The number of pyridine rings is 1. The lowest BCUT2D eigenvalue weighted by Crippen LogP contribution is -2.03. The molecule has 0 spiro atoms. The normalized spacial score (nSPS) is 12.4. The van der Waals surface area contributed by atoms with E-state index in [-0.39, 0.29) is 12.1 Å². The summed E-state index contributed by atoms with van der Waals surface area (Å²) in [5, 5.41) is 0.788. The highest BCUT2D eigenvalue weighted by Crippen LogP contribution is 2.23. The fourth-order valence-corrected chi connectivity index (χ4v) is 1.84. The lowest BCUT2D eigenvalue weighted by atomic mass is 10.0. The third kappa shape index (κ3) is 2.19. The first-order valence-corrected chi connectivity index (χ1v) is 5.67. The van der Waals surface area contributed by atoms with Crippen LogP contribution in [-0.4, -0.2) is 25.2 Å². The van der Waals surface area contributed by atoms with Crippen LogP contribution in [0.1, 0.15) is 28.9 Å². The summed E-state index contributed by atoms with van der Waals surface area (Å²) in [5.41, 5.74) is 2.32. The number of aromatic nitrogens is 1. The molecule has 0 aliphatic rings. The van der Waals surface area contributed by atoms with Crippen LogP contribution in [0.3, 0.4) is 0 Å². The van der Waals surface area contributed by atoms with Gasteiger partial charge in [0.1, 0.15) is 0 Å². The second-order valence-corrected chi connectivity index (χ2v) is 4.00. The average molecular weight is 245 g/mol. The van der Waals surface area contributed by atoms with Gasteiger partial charge in [0, 0.05) is 18.7 Å². The third-order valence-corrected chi connectivity index (χ3v) is 3.00. The molecule has 0 bridgehead atoms. The first-order valence-electron chi connectivity index (χ1n) is 5.67. The number of fused-ring (bicyclic) bond motifs is 1. The molecule has 1 aromatic carbocycles. The summed E-state index contributed by atoms with van der Waals surface area (Å²) >= 11 is 0. The number of rotatable bonds is 3. The van der Waals surface area contributed by atoms with Gasteiger partial charge < -0.3 is 9.47 Å². The second-order valence-electron chi connectivity index (χ2n) is 4.00. The van der Waals surface area contributed by atoms with Crippen LogP contribution in [0.5, 0.6) is 0 Å². The Balaban J connectivity index is 2.56. The van der Waals surface area contributed by atoms with Crippen LogP contribution in [0.15, 0.2) is 30.5 Å². The lowest BCUT2D eigenvalue weighted by molar-refractivity contribution is 0.0603. The Hall–Kier alpha value is -1.94. The van der Waals surface area contributed by atoms with Crippen molar-refractivity contribution in [1.82, 2.24) is 4.98 Å². The molecular weight excluding hydrogens is 230 g/mol. The summed E-state index contributed by atoms with van der Waals surface area (Å²) in [5.74, 6) is -0.352. The van der Waals surface area contributed by atoms with Crippen LogP contribution >= 0.6 is 0 Å². The molecule has 0 saturated heterocycles. The summed E-state index contributed by atoms with van der Waals surface area (Å²) in [6.45, 7) is 1.96. The lowest BCUT2D eigenvalue weighted by Gasteiger charge is -2.11. The Morgan fingerprint density at radius 3 is 2.72 bits per heavy atom. The van der Waals surface area contributed by atoms with Crippen molar-refractivity contribution in [2.24, 2.45) is 0 Å². The molecule has 1 atom stereocenters. The van der Waals surface area contributed by atoms with Gasteiger partial charge >= 0.3 is 5.97 Å². The van der Waals surface area contributed by atoms with Crippen molar-refractivity contribution in [2.45, 2.75) is 13.0 Å². The highest BCUT2D eigenvalue weighted by Gasteiger charge is 2.12. The number of hydrogen-bond donors (Lipinski definition) is 0. The zero-order valence-corrected chi connectivity index (χ0v) is 10.6. The van der Waals surface area contributed by atoms with Crippen LogP contribution < -0.4 is 0 Å². The van der Waals surface area contributed by atoms with Crippen molar-refractivity contribution in [3.05, 3.63) is 41.6 Å². The number of hydrogen-bond acceptors (Lipinski definition) is 4. The molecule has 1 heterocycles. The van der Waals surface area contributed by atoms with Crippen molar-refractivity contribution >= 4 is 16.9 Å². The number of ether oxygens (including phenoxy) is 2. The molecule has 0 saturated carbocycles. The fourth-order valence-electron chi connectivity index (χ4n) is 1.84. The minimum absolute atomic E-state index is 0.00187. The topological polar surface area (TPSA) is 48.4 Å². The van der Waals surface area contributed by atoms with Crippen molar-refractivity contribution in [3.63, 3.8) is 0 Å². The Morgan fingerprint density at radius 1 is 1.28 bits per heavy atom. The number of esters is 1. The number of benzene rings is 1. The van der Waals surface area contributed by atoms with Gasteiger partial charge in [-0.3, -0.25) is 4.98 Å². The number of carbonyl (C=O) groups is 1. The summed E-state index contributed by atoms with van der Waals surface area (Å²) in [4.78, 5) is 15.9. The van der Waals surface area contributed by atoms with Crippen LogP contribution in [0.2, 0.25) is 0 Å². The molecule has 0 aliphatic carbocycles. The van der Waals surface area contributed by atoms with Gasteiger partial charge in [-0.2, -0.15) is 0 Å².